The third-order valence-corrected chi connectivity index (χ3v) is 2.97. The highest BCUT2D eigenvalue weighted by molar-refractivity contribution is 6.05. The van der Waals surface area contributed by atoms with Crippen molar-refractivity contribution in [1.29, 1.82) is 0 Å². The van der Waals surface area contributed by atoms with Crippen molar-refractivity contribution in [2.24, 2.45) is 5.92 Å². The van der Waals surface area contributed by atoms with Gasteiger partial charge in [0.25, 0.3) is 0 Å². The Morgan fingerprint density at radius 1 is 1.40 bits per heavy atom. The highest BCUT2D eigenvalue weighted by Crippen LogP contribution is 2.36. The number of nitrogens with zero attached hydrogens (tertiary/aromatic N) is 1. The van der Waals surface area contributed by atoms with Gasteiger partial charge in [-0.1, -0.05) is 13.3 Å². The molecule has 1 aliphatic heterocycles. The number of β-lactam (4-membered cyclic amide) rings is 1. The first kappa shape index (κ1) is 12.2. The molecule has 0 saturated carbocycles. The number of hydrogen-bond donors (Lipinski definition) is 0. The van der Waals surface area contributed by atoms with E-state index in [-0.39, 0.29) is 29.2 Å². The molecule has 0 bridgehead atoms. The monoisotopic (exact) mass is 211 g/mol. The predicted molar refractivity (Wildman–Crippen MR) is 59.5 cm³/mol. The second-order valence-electron chi connectivity index (χ2n) is 5.32. The minimum Gasteiger partial charge on any atom is -0.333 e. The van der Waals surface area contributed by atoms with E-state index < -0.39 is 0 Å². The molecule has 1 amide bonds. The first-order valence-electron chi connectivity index (χ1n) is 5.64. The van der Waals surface area contributed by atoms with Crippen molar-refractivity contribution >= 4 is 11.7 Å². The Morgan fingerprint density at radius 2 is 1.93 bits per heavy atom. The number of rotatable bonds is 3. The minimum absolute atomic E-state index is 0.00782. The van der Waals surface area contributed by atoms with Crippen LogP contribution in [0.2, 0.25) is 0 Å². The zero-order valence-electron chi connectivity index (χ0n) is 10.3. The van der Waals surface area contributed by atoms with E-state index in [1.54, 1.807) is 0 Å². The molecule has 86 valence electrons. The van der Waals surface area contributed by atoms with Gasteiger partial charge in [0.05, 0.1) is 6.04 Å². The van der Waals surface area contributed by atoms with Crippen LogP contribution in [0.4, 0.5) is 0 Å². The number of carbonyl (C=O) groups is 2. The smallest absolute Gasteiger partial charge is 0.235 e. The Labute approximate surface area is 91.8 Å². The number of amides is 1. The Bertz CT molecular complexity index is 278. The fourth-order valence-electron chi connectivity index (χ4n) is 2.41. The second-order valence-corrected chi connectivity index (χ2v) is 5.32. The van der Waals surface area contributed by atoms with Crippen molar-refractivity contribution in [2.75, 3.05) is 0 Å². The zero-order chi connectivity index (χ0) is 11.8. The van der Waals surface area contributed by atoms with Crippen LogP contribution in [-0.4, -0.2) is 28.2 Å². The van der Waals surface area contributed by atoms with Crippen LogP contribution in [0.25, 0.3) is 0 Å². The van der Waals surface area contributed by atoms with Gasteiger partial charge >= 0.3 is 0 Å². The van der Waals surface area contributed by atoms with E-state index in [0.717, 1.165) is 12.8 Å². The van der Waals surface area contributed by atoms with E-state index in [2.05, 4.69) is 6.92 Å². The van der Waals surface area contributed by atoms with E-state index in [4.69, 9.17) is 0 Å². The molecule has 0 aromatic heterocycles. The summed E-state index contributed by atoms with van der Waals surface area (Å²) in [7, 11) is 0. The van der Waals surface area contributed by atoms with Crippen LogP contribution in [-0.2, 0) is 9.59 Å². The first-order valence-corrected chi connectivity index (χ1v) is 5.64. The average molecular weight is 211 g/mol. The van der Waals surface area contributed by atoms with Crippen molar-refractivity contribution < 1.29 is 9.59 Å². The highest BCUT2D eigenvalue weighted by Gasteiger charge is 2.52. The molecule has 0 aromatic rings. The third-order valence-electron chi connectivity index (χ3n) is 2.97. The molecular weight excluding hydrogens is 190 g/mol. The molecule has 0 spiro atoms. The Kier molecular flexibility index (Phi) is 3.22. The number of Topliss-reactive ketones (excluding diaryl/α,β-unsaturated/α-hetero) is 1. The van der Waals surface area contributed by atoms with Crippen LogP contribution in [0.3, 0.4) is 0 Å². The van der Waals surface area contributed by atoms with E-state index in [0.29, 0.717) is 0 Å². The van der Waals surface area contributed by atoms with Gasteiger partial charge in [-0.25, -0.2) is 0 Å². The quantitative estimate of drug-likeness (QED) is 0.529. The summed E-state index contributed by atoms with van der Waals surface area (Å²) in [5.41, 5.74) is -0.164. The van der Waals surface area contributed by atoms with E-state index in [9.17, 15) is 9.59 Å². The molecule has 0 radical (unpaired) electrons. The van der Waals surface area contributed by atoms with Crippen molar-refractivity contribution in [3.05, 3.63) is 0 Å². The lowest BCUT2D eigenvalue weighted by molar-refractivity contribution is -0.169. The van der Waals surface area contributed by atoms with Gasteiger partial charge in [-0.15, -0.1) is 0 Å². The summed E-state index contributed by atoms with van der Waals surface area (Å²) in [6, 6.07) is 0.125. The highest BCUT2D eigenvalue weighted by atomic mass is 16.2. The number of likely N-dealkylation sites (tertiary alicyclic amines) is 1. The van der Waals surface area contributed by atoms with Crippen LogP contribution in [0.1, 0.15) is 47.5 Å². The normalized spacial score (nSPS) is 26.5. The molecule has 1 saturated heterocycles. The molecule has 1 rings (SSSR count). The van der Waals surface area contributed by atoms with Crippen molar-refractivity contribution in [3.8, 4) is 0 Å². The molecule has 0 unspecified atom stereocenters. The van der Waals surface area contributed by atoms with E-state index in [1.807, 2.05) is 25.7 Å². The molecule has 1 aliphatic rings. The Morgan fingerprint density at radius 3 is 2.27 bits per heavy atom. The summed E-state index contributed by atoms with van der Waals surface area (Å²) in [4.78, 5) is 25.1. The largest absolute Gasteiger partial charge is 0.333 e. The van der Waals surface area contributed by atoms with E-state index >= 15 is 0 Å². The lowest BCUT2D eigenvalue weighted by Gasteiger charge is -2.53. The summed E-state index contributed by atoms with van der Waals surface area (Å²) >= 11 is 0. The van der Waals surface area contributed by atoms with Gasteiger partial charge in [0, 0.05) is 5.54 Å². The van der Waals surface area contributed by atoms with Crippen molar-refractivity contribution in [1.82, 2.24) is 4.90 Å². The molecule has 1 heterocycles. The molecule has 3 nitrogen and oxygen atoms in total. The van der Waals surface area contributed by atoms with Gasteiger partial charge in [0.2, 0.25) is 5.91 Å². The Balaban J connectivity index is 2.84. The topological polar surface area (TPSA) is 37.4 Å². The first-order chi connectivity index (χ1) is 6.80. The standard InChI is InChI=1S/C12H21NO2/c1-6-7-9-10(8(2)14)11(15)13(9)12(3,4)5/h9-10H,6-7H2,1-5H3/t9-,10-/m1/s1. The summed E-state index contributed by atoms with van der Waals surface area (Å²) in [6.07, 6.45) is 1.93. The maximum absolute atomic E-state index is 11.8. The lowest BCUT2D eigenvalue weighted by Crippen LogP contribution is -2.68. The maximum atomic E-state index is 11.8. The van der Waals surface area contributed by atoms with Crippen LogP contribution in [0.15, 0.2) is 0 Å². The summed E-state index contributed by atoms with van der Waals surface area (Å²) in [5, 5.41) is 0. The Hall–Kier alpha value is -0.860. The summed E-state index contributed by atoms with van der Waals surface area (Å²) < 4.78 is 0. The fourth-order valence-corrected chi connectivity index (χ4v) is 2.41. The third kappa shape index (κ3) is 2.06. The van der Waals surface area contributed by atoms with Crippen molar-refractivity contribution in [2.45, 2.75) is 59.0 Å². The van der Waals surface area contributed by atoms with Gasteiger partial charge in [0.15, 0.2) is 0 Å². The molecule has 0 aliphatic carbocycles. The molecule has 0 N–H and O–H groups in total. The minimum atomic E-state index is -0.371. The molecule has 15 heavy (non-hydrogen) atoms. The van der Waals surface area contributed by atoms with Gasteiger partial charge < -0.3 is 4.90 Å². The average Bonchev–Trinajstić information content (AvgIpc) is 1.99. The number of carbonyl (C=O) groups excluding carboxylic acids is 2. The number of hydrogen-bond acceptors (Lipinski definition) is 2. The maximum Gasteiger partial charge on any atom is 0.235 e. The summed E-state index contributed by atoms with van der Waals surface area (Å²) in [6.45, 7) is 9.66. The predicted octanol–water partition coefficient (Wildman–Crippen LogP) is 2.00. The fraction of sp³-hybridized carbons (Fsp3) is 0.833. The zero-order valence-corrected chi connectivity index (χ0v) is 10.3. The molecular formula is C12H21NO2. The van der Waals surface area contributed by atoms with Crippen molar-refractivity contribution in [3.63, 3.8) is 0 Å². The second kappa shape index (κ2) is 3.95. The van der Waals surface area contributed by atoms with Crippen LogP contribution in [0.5, 0.6) is 0 Å². The van der Waals surface area contributed by atoms with Crippen LogP contribution in [0, 0.1) is 5.92 Å². The molecule has 0 aromatic carbocycles. The van der Waals surface area contributed by atoms with E-state index in [1.165, 1.54) is 6.92 Å². The molecule has 1 fully saturated rings. The van der Waals surface area contributed by atoms with Gasteiger partial charge in [-0.05, 0) is 34.1 Å². The van der Waals surface area contributed by atoms with Gasteiger partial charge in [0.1, 0.15) is 11.7 Å². The summed E-state index contributed by atoms with van der Waals surface area (Å²) in [5.74, 6) is -0.350. The molecule has 3 heteroatoms. The van der Waals surface area contributed by atoms with Crippen LogP contribution >= 0.6 is 0 Å². The number of ketones is 1. The molecule has 2 atom stereocenters. The van der Waals surface area contributed by atoms with Gasteiger partial charge in [-0.3, -0.25) is 9.59 Å². The lowest BCUT2D eigenvalue weighted by atomic mass is 9.78. The van der Waals surface area contributed by atoms with Crippen LogP contribution < -0.4 is 0 Å². The van der Waals surface area contributed by atoms with Gasteiger partial charge in [-0.2, -0.15) is 0 Å². The SMILES string of the molecule is CCC[C@@H]1[C@@H](C(C)=O)C(=O)N1C(C)(C)C.